The van der Waals surface area contributed by atoms with Gasteiger partial charge in [-0.25, -0.2) is 0 Å². The lowest BCUT2D eigenvalue weighted by Gasteiger charge is -2.46. The summed E-state index contributed by atoms with van der Waals surface area (Å²) < 4.78 is 5.56. The van der Waals surface area contributed by atoms with Crippen LogP contribution in [0.5, 0.6) is 0 Å². The van der Waals surface area contributed by atoms with E-state index in [-0.39, 0.29) is 17.6 Å². The number of epoxide rings is 1. The van der Waals surface area contributed by atoms with Gasteiger partial charge in [-0.3, -0.25) is 0 Å². The molecule has 13 heavy (non-hydrogen) atoms. The zero-order valence-electron chi connectivity index (χ0n) is 8.84. The SMILES string of the molecule is C[C@H]1CC[C@@]2(CO2)[C@H](CO)C1(C)C. The first-order valence-corrected chi connectivity index (χ1v) is 5.28. The van der Waals surface area contributed by atoms with Gasteiger partial charge in [-0.2, -0.15) is 0 Å². The Kier molecular flexibility index (Phi) is 1.97. The maximum absolute atomic E-state index is 9.44. The first-order chi connectivity index (χ1) is 6.03. The highest BCUT2D eigenvalue weighted by atomic mass is 16.6. The van der Waals surface area contributed by atoms with Gasteiger partial charge in [-0.1, -0.05) is 20.8 Å². The molecule has 76 valence electrons. The van der Waals surface area contributed by atoms with E-state index in [1.165, 1.54) is 6.42 Å². The fourth-order valence-corrected chi connectivity index (χ4v) is 2.87. The van der Waals surface area contributed by atoms with E-state index in [4.69, 9.17) is 4.74 Å². The van der Waals surface area contributed by atoms with Crippen molar-refractivity contribution in [1.29, 1.82) is 0 Å². The minimum atomic E-state index is 0.0603. The van der Waals surface area contributed by atoms with Crippen LogP contribution in [0.25, 0.3) is 0 Å². The van der Waals surface area contributed by atoms with E-state index in [1.807, 2.05) is 0 Å². The van der Waals surface area contributed by atoms with Gasteiger partial charge in [0.25, 0.3) is 0 Å². The van der Waals surface area contributed by atoms with Crippen LogP contribution in [0.2, 0.25) is 0 Å². The Labute approximate surface area is 80.3 Å². The molecule has 1 aliphatic carbocycles. The lowest BCUT2D eigenvalue weighted by molar-refractivity contribution is -0.0318. The number of ether oxygens (including phenoxy) is 1. The predicted octanol–water partition coefficient (Wildman–Crippen LogP) is 1.82. The Hall–Kier alpha value is -0.0800. The van der Waals surface area contributed by atoms with Crippen LogP contribution < -0.4 is 0 Å². The molecule has 2 fully saturated rings. The molecule has 2 aliphatic rings. The van der Waals surface area contributed by atoms with Crippen molar-refractivity contribution in [1.82, 2.24) is 0 Å². The van der Waals surface area contributed by atoms with E-state index in [0.717, 1.165) is 13.0 Å². The molecule has 0 unspecified atom stereocenters. The largest absolute Gasteiger partial charge is 0.396 e. The summed E-state index contributed by atoms with van der Waals surface area (Å²) in [5.41, 5.74) is 0.286. The molecule has 0 aromatic heterocycles. The lowest BCUT2D eigenvalue weighted by atomic mass is 9.59. The van der Waals surface area contributed by atoms with Crippen LogP contribution in [0.4, 0.5) is 0 Å². The van der Waals surface area contributed by atoms with Gasteiger partial charge in [-0.05, 0) is 24.2 Å². The Morgan fingerprint density at radius 1 is 1.46 bits per heavy atom. The van der Waals surface area contributed by atoms with Crippen molar-refractivity contribution in [2.24, 2.45) is 17.3 Å². The molecule has 1 saturated heterocycles. The summed E-state index contributed by atoms with van der Waals surface area (Å²) in [4.78, 5) is 0. The van der Waals surface area contributed by atoms with E-state index in [1.54, 1.807) is 0 Å². The second kappa shape index (κ2) is 2.71. The highest BCUT2D eigenvalue weighted by Gasteiger charge is 2.59. The number of hydrogen-bond donors (Lipinski definition) is 1. The first kappa shape index (κ1) is 9.47. The van der Waals surface area contributed by atoms with Crippen LogP contribution in [-0.4, -0.2) is 23.9 Å². The number of aliphatic hydroxyl groups is 1. The Bertz CT molecular complexity index is 206. The van der Waals surface area contributed by atoms with Crippen molar-refractivity contribution >= 4 is 0 Å². The van der Waals surface area contributed by atoms with Crippen LogP contribution in [0.3, 0.4) is 0 Å². The molecule has 1 spiro atoms. The van der Waals surface area contributed by atoms with Crippen molar-refractivity contribution in [3.63, 3.8) is 0 Å². The van der Waals surface area contributed by atoms with Crippen LogP contribution in [0, 0.1) is 17.3 Å². The van der Waals surface area contributed by atoms with E-state index in [0.29, 0.717) is 11.8 Å². The molecule has 1 N–H and O–H groups in total. The Morgan fingerprint density at radius 2 is 2.08 bits per heavy atom. The summed E-state index contributed by atoms with van der Waals surface area (Å²) in [6.45, 7) is 7.96. The molecule has 2 rings (SSSR count). The topological polar surface area (TPSA) is 32.8 Å². The third-order valence-corrected chi connectivity index (χ3v) is 4.50. The zero-order valence-corrected chi connectivity index (χ0v) is 8.84. The zero-order chi connectivity index (χ0) is 9.69. The highest BCUT2D eigenvalue weighted by Crippen LogP contribution is 2.56. The van der Waals surface area contributed by atoms with E-state index >= 15 is 0 Å². The van der Waals surface area contributed by atoms with E-state index < -0.39 is 0 Å². The second-order valence-corrected chi connectivity index (χ2v) is 5.35. The molecule has 0 aromatic carbocycles. The minimum absolute atomic E-state index is 0.0603. The van der Waals surface area contributed by atoms with Crippen molar-refractivity contribution in [2.45, 2.75) is 39.2 Å². The molecule has 3 atom stereocenters. The van der Waals surface area contributed by atoms with Crippen molar-refractivity contribution in [3.8, 4) is 0 Å². The monoisotopic (exact) mass is 184 g/mol. The normalized spacial score (nSPS) is 48.0. The molecule has 1 aliphatic heterocycles. The van der Waals surface area contributed by atoms with E-state index in [9.17, 15) is 5.11 Å². The van der Waals surface area contributed by atoms with Gasteiger partial charge in [0.1, 0.15) is 0 Å². The van der Waals surface area contributed by atoms with Crippen LogP contribution in [0.15, 0.2) is 0 Å². The fraction of sp³-hybridized carbons (Fsp3) is 1.00. The van der Waals surface area contributed by atoms with Gasteiger partial charge in [-0.15, -0.1) is 0 Å². The quantitative estimate of drug-likeness (QED) is 0.630. The third kappa shape index (κ3) is 1.23. The van der Waals surface area contributed by atoms with E-state index in [2.05, 4.69) is 20.8 Å². The fourth-order valence-electron chi connectivity index (χ4n) is 2.87. The van der Waals surface area contributed by atoms with Gasteiger partial charge in [0.15, 0.2) is 0 Å². The molecule has 0 bridgehead atoms. The van der Waals surface area contributed by atoms with Crippen LogP contribution in [0.1, 0.15) is 33.6 Å². The van der Waals surface area contributed by atoms with Gasteiger partial charge in [0.05, 0.1) is 12.2 Å². The van der Waals surface area contributed by atoms with Crippen molar-refractivity contribution < 1.29 is 9.84 Å². The maximum atomic E-state index is 9.44. The standard InChI is InChI=1S/C11H20O2/c1-8-4-5-11(7-13-11)9(6-12)10(8,2)3/h8-9,12H,4-7H2,1-3H3/t8-,9+,11+/m0/s1. The van der Waals surface area contributed by atoms with Crippen LogP contribution >= 0.6 is 0 Å². The summed E-state index contributed by atoms with van der Waals surface area (Å²) in [5, 5.41) is 9.44. The summed E-state index contributed by atoms with van der Waals surface area (Å²) >= 11 is 0. The van der Waals surface area contributed by atoms with Crippen molar-refractivity contribution in [3.05, 3.63) is 0 Å². The van der Waals surface area contributed by atoms with Gasteiger partial charge < -0.3 is 9.84 Å². The summed E-state index contributed by atoms with van der Waals surface area (Å²) in [7, 11) is 0. The maximum Gasteiger partial charge on any atom is 0.0971 e. The molecule has 1 saturated carbocycles. The van der Waals surface area contributed by atoms with Crippen molar-refractivity contribution in [2.75, 3.05) is 13.2 Å². The predicted molar refractivity (Wildman–Crippen MR) is 51.4 cm³/mol. The highest BCUT2D eigenvalue weighted by molar-refractivity contribution is 5.07. The average molecular weight is 184 g/mol. The molecule has 0 aromatic rings. The number of hydrogen-bond acceptors (Lipinski definition) is 2. The Morgan fingerprint density at radius 3 is 2.54 bits per heavy atom. The summed E-state index contributed by atoms with van der Waals surface area (Å²) in [5.74, 6) is 1.03. The second-order valence-electron chi connectivity index (χ2n) is 5.35. The Balaban J connectivity index is 2.22. The molecule has 0 radical (unpaired) electrons. The molecule has 0 amide bonds. The third-order valence-electron chi connectivity index (χ3n) is 4.50. The molecular weight excluding hydrogens is 164 g/mol. The summed E-state index contributed by atoms with van der Waals surface area (Å²) in [6, 6.07) is 0. The molecule has 1 heterocycles. The minimum Gasteiger partial charge on any atom is -0.396 e. The smallest absolute Gasteiger partial charge is 0.0971 e. The lowest BCUT2D eigenvalue weighted by Crippen LogP contribution is -2.47. The first-order valence-electron chi connectivity index (χ1n) is 5.28. The molecule has 2 heteroatoms. The average Bonchev–Trinajstić information content (AvgIpc) is 2.80. The summed E-state index contributed by atoms with van der Waals surface area (Å²) in [6.07, 6.45) is 2.38. The molecule has 2 nitrogen and oxygen atoms in total. The van der Waals surface area contributed by atoms with Gasteiger partial charge in [0, 0.05) is 12.5 Å². The number of aliphatic hydroxyl groups excluding tert-OH is 1. The van der Waals surface area contributed by atoms with Gasteiger partial charge >= 0.3 is 0 Å². The van der Waals surface area contributed by atoms with Crippen LogP contribution in [-0.2, 0) is 4.74 Å². The molecular formula is C11H20O2. The number of rotatable bonds is 1. The van der Waals surface area contributed by atoms with Gasteiger partial charge in [0.2, 0.25) is 0 Å².